The Balaban J connectivity index is 1.86. The van der Waals surface area contributed by atoms with Crippen LogP contribution in [0.3, 0.4) is 0 Å². The van der Waals surface area contributed by atoms with Gasteiger partial charge < -0.3 is 19.9 Å². The molecule has 1 aliphatic rings. The van der Waals surface area contributed by atoms with Crippen molar-refractivity contribution in [2.75, 3.05) is 65.3 Å². The van der Waals surface area contributed by atoms with E-state index in [0.717, 1.165) is 49.8 Å². The molecule has 0 unspecified atom stereocenters. The summed E-state index contributed by atoms with van der Waals surface area (Å²) in [6, 6.07) is -0.159. The molecular weight excluding hydrogens is 354 g/mol. The number of anilines is 1. The maximum absolute atomic E-state index is 12.4. The smallest absolute Gasteiger partial charge is 0.319 e. The first kappa shape index (κ1) is 20.6. The van der Waals surface area contributed by atoms with Crippen LogP contribution < -0.4 is 5.32 Å². The first-order chi connectivity index (χ1) is 12.4. The van der Waals surface area contributed by atoms with Gasteiger partial charge in [0.15, 0.2) is 5.13 Å². The number of amides is 3. The van der Waals surface area contributed by atoms with Gasteiger partial charge in [-0.2, -0.15) is 0 Å². The largest absolute Gasteiger partial charge is 0.379 e. The number of nitrogens with one attached hydrogen (secondary N) is 1. The molecule has 1 fully saturated rings. The van der Waals surface area contributed by atoms with Crippen LogP contribution in [0.2, 0.25) is 0 Å². The van der Waals surface area contributed by atoms with Crippen LogP contribution in [0.5, 0.6) is 0 Å². The highest BCUT2D eigenvalue weighted by atomic mass is 32.1. The normalized spacial score (nSPS) is 14.9. The standard InChI is InChI=1S/C17H29N5O3S/c1-13-14(2)26-16(18-13)19-15(23)12-22(17(24)20(3)4)7-5-6-21-8-10-25-11-9-21/h5-12H2,1-4H3,(H,18,19,23). The van der Waals surface area contributed by atoms with E-state index < -0.39 is 0 Å². The van der Waals surface area contributed by atoms with E-state index in [4.69, 9.17) is 4.74 Å². The van der Waals surface area contributed by atoms with Crippen molar-refractivity contribution in [1.29, 1.82) is 0 Å². The van der Waals surface area contributed by atoms with Crippen molar-refractivity contribution in [2.45, 2.75) is 20.3 Å². The molecule has 1 aromatic heterocycles. The lowest BCUT2D eigenvalue weighted by molar-refractivity contribution is -0.116. The fourth-order valence-electron chi connectivity index (χ4n) is 2.69. The summed E-state index contributed by atoms with van der Waals surface area (Å²) in [5.74, 6) is -0.222. The minimum Gasteiger partial charge on any atom is -0.379 e. The number of rotatable bonds is 7. The van der Waals surface area contributed by atoms with E-state index in [1.807, 2.05) is 13.8 Å². The number of aromatic nitrogens is 1. The SMILES string of the molecule is Cc1nc(NC(=O)CN(CCCN2CCOCC2)C(=O)N(C)C)sc1C. The molecule has 0 saturated carbocycles. The molecule has 3 amide bonds. The van der Waals surface area contributed by atoms with Gasteiger partial charge in [-0.1, -0.05) is 0 Å². The van der Waals surface area contributed by atoms with Crippen molar-refractivity contribution in [3.63, 3.8) is 0 Å². The summed E-state index contributed by atoms with van der Waals surface area (Å²) < 4.78 is 5.35. The Labute approximate surface area is 159 Å². The van der Waals surface area contributed by atoms with Crippen LogP contribution in [-0.4, -0.2) is 91.7 Å². The maximum atomic E-state index is 12.4. The van der Waals surface area contributed by atoms with Crippen LogP contribution in [0, 0.1) is 13.8 Å². The van der Waals surface area contributed by atoms with E-state index in [1.54, 1.807) is 19.0 Å². The topological polar surface area (TPSA) is 78.0 Å². The van der Waals surface area contributed by atoms with Crippen LogP contribution in [0.4, 0.5) is 9.93 Å². The van der Waals surface area contributed by atoms with Gasteiger partial charge in [0.25, 0.3) is 0 Å². The number of ether oxygens (including phenoxy) is 1. The van der Waals surface area contributed by atoms with Gasteiger partial charge >= 0.3 is 6.03 Å². The molecule has 9 heteroatoms. The van der Waals surface area contributed by atoms with Gasteiger partial charge in [-0.05, 0) is 20.3 Å². The Hall–Kier alpha value is -1.71. The maximum Gasteiger partial charge on any atom is 0.319 e. The lowest BCUT2D eigenvalue weighted by Crippen LogP contribution is -2.45. The zero-order valence-electron chi connectivity index (χ0n) is 16.1. The van der Waals surface area contributed by atoms with E-state index in [1.165, 1.54) is 16.2 Å². The Morgan fingerprint density at radius 2 is 1.96 bits per heavy atom. The lowest BCUT2D eigenvalue weighted by Gasteiger charge is -2.29. The van der Waals surface area contributed by atoms with Gasteiger partial charge in [0.2, 0.25) is 5.91 Å². The Bertz CT molecular complexity index is 594. The molecule has 146 valence electrons. The van der Waals surface area contributed by atoms with Crippen molar-refractivity contribution in [2.24, 2.45) is 0 Å². The number of aryl methyl sites for hydroxylation is 2. The molecule has 2 heterocycles. The molecule has 0 aliphatic carbocycles. The predicted molar refractivity (Wildman–Crippen MR) is 103 cm³/mol. The molecule has 2 rings (SSSR count). The Morgan fingerprint density at radius 3 is 2.54 bits per heavy atom. The molecule has 0 aromatic carbocycles. The van der Waals surface area contributed by atoms with E-state index in [-0.39, 0.29) is 18.5 Å². The second-order valence-electron chi connectivity index (χ2n) is 6.61. The van der Waals surface area contributed by atoms with Crippen molar-refractivity contribution >= 4 is 28.4 Å². The number of thiazole rings is 1. The van der Waals surface area contributed by atoms with E-state index >= 15 is 0 Å². The number of carbonyl (C=O) groups is 2. The molecule has 0 atom stereocenters. The van der Waals surface area contributed by atoms with Crippen molar-refractivity contribution in [1.82, 2.24) is 19.7 Å². The third-order valence-corrected chi connectivity index (χ3v) is 5.26. The van der Waals surface area contributed by atoms with Gasteiger partial charge in [0.1, 0.15) is 6.54 Å². The van der Waals surface area contributed by atoms with Gasteiger partial charge in [-0.3, -0.25) is 9.69 Å². The highest BCUT2D eigenvalue weighted by molar-refractivity contribution is 7.15. The molecule has 1 aliphatic heterocycles. The monoisotopic (exact) mass is 383 g/mol. The van der Waals surface area contributed by atoms with Crippen LogP contribution in [0.15, 0.2) is 0 Å². The molecular formula is C17H29N5O3S. The van der Waals surface area contributed by atoms with Crippen LogP contribution >= 0.6 is 11.3 Å². The van der Waals surface area contributed by atoms with Crippen LogP contribution in [0.25, 0.3) is 0 Å². The van der Waals surface area contributed by atoms with Gasteiger partial charge in [-0.25, -0.2) is 9.78 Å². The van der Waals surface area contributed by atoms with Crippen LogP contribution in [0.1, 0.15) is 17.0 Å². The van der Waals surface area contributed by atoms with Crippen LogP contribution in [-0.2, 0) is 9.53 Å². The second-order valence-corrected chi connectivity index (χ2v) is 7.82. The molecule has 0 radical (unpaired) electrons. The number of morpholine rings is 1. The lowest BCUT2D eigenvalue weighted by atomic mass is 10.3. The second kappa shape index (κ2) is 9.84. The average molecular weight is 384 g/mol. The predicted octanol–water partition coefficient (Wildman–Crippen LogP) is 1.40. The quantitative estimate of drug-likeness (QED) is 0.770. The molecule has 1 saturated heterocycles. The summed E-state index contributed by atoms with van der Waals surface area (Å²) >= 11 is 1.45. The third kappa shape index (κ3) is 6.22. The number of hydrogen-bond acceptors (Lipinski definition) is 6. The first-order valence-electron chi connectivity index (χ1n) is 8.87. The first-order valence-corrected chi connectivity index (χ1v) is 9.68. The van der Waals surface area contributed by atoms with Gasteiger partial charge in [0, 0.05) is 45.2 Å². The van der Waals surface area contributed by atoms with Gasteiger partial charge in [-0.15, -0.1) is 11.3 Å². The van der Waals surface area contributed by atoms with E-state index in [2.05, 4.69) is 15.2 Å². The number of urea groups is 1. The Kier molecular flexibility index (Phi) is 7.80. The summed E-state index contributed by atoms with van der Waals surface area (Å²) in [7, 11) is 3.39. The van der Waals surface area contributed by atoms with E-state index in [9.17, 15) is 9.59 Å². The fourth-order valence-corrected chi connectivity index (χ4v) is 3.52. The Morgan fingerprint density at radius 1 is 1.27 bits per heavy atom. The molecule has 1 aromatic rings. The minimum absolute atomic E-state index is 0.0256. The molecule has 0 spiro atoms. The number of nitrogens with zero attached hydrogens (tertiary/aromatic N) is 4. The van der Waals surface area contributed by atoms with Crippen molar-refractivity contribution in [3.05, 3.63) is 10.6 Å². The summed E-state index contributed by atoms with van der Waals surface area (Å²) in [4.78, 5) is 35.5. The fraction of sp³-hybridized carbons (Fsp3) is 0.706. The summed E-state index contributed by atoms with van der Waals surface area (Å²) in [6.07, 6.45) is 0.822. The molecule has 8 nitrogen and oxygen atoms in total. The van der Waals surface area contributed by atoms with Crippen molar-refractivity contribution in [3.8, 4) is 0 Å². The summed E-state index contributed by atoms with van der Waals surface area (Å²) in [6.45, 7) is 8.70. The number of carbonyl (C=O) groups excluding carboxylic acids is 2. The molecule has 26 heavy (non-hydrogen) atoms. The third-order valence-electron chi connectivity index (χ3n) is 4.27. The summed E-state index contributed by atoms with van der Waals surface area (Å²) in [5, 5.41) is 3.38. The van der Waals surface area contributed by atoms with Gasteiger partial charge in [0.05, 0.1) is 18.9 Å². The summed E-state index contributed by atoms with van der Waals surface area (Å²) in [5.41, 5.74) is 0.914. The average Bonchev–Trinajstić information content (AvgIpc) is 2.91. The zero-order chi connectivity index (χ0) is 19.1. The van der Waals surface area contributed by atoms with Crippen molar-refractivity contribution < 1.29 is 14.3 Å². The number of hydrogen-bond donors (Lipinski definition) is 1. The minimum atomic E-state index is -0.222. The highest BCUT2D eigenvalue weighted by Gasteiger charge is 2.20. The van der Waals surface area contributed by atoms with E-state index in [0.29, 0.717) is 11.7 Å². The molecule has 0 bridgehead atoms. The molecule has 1 N–H and O–H groups in total. The highest BCUT2D eigenvalue weighted by Crippen LogP contribution is 2.20. The zero-order valence-corrected chi connectivity index (χ0v) is 16.9.